The molecule has 0 spiro atoms. The molecule has 1 N–H and O–H groups in total. The van der Waals surface area contributed by atoms with Gasteiger partial charge < -0.3 is 4.74 Å². The molecular weight excluding hydrogens is 304 g/mol. The van der Waals surface area contributed by atoms with E-state index in [1.807, 2.05) is 4.72 Å². The van der Waals surface area contributed by atoms with E-state index in [-0.39, 0.29) is 12.3 Å². The molecular formula is C13H17F2NO4S. The van der Waals surface area contributed by atoms with E-state index >= 15 is 0 Å². The van der Waals surface area contributed by atoms with Crippen LogP contribution in [0.5, 0.6) is 0 Å². The number of sulfonamides is 1. The van der Waals surface area contributed by atoms with E-state index in [9.17, 15) is 22.0 Å². The Hall–Kier alpha value is -1.54. The maximum atomic E-state index is 13.6. The molecule has 0 aliphatic carbocycles. The van der Waals surface area contributed by atoms with Crippen LogP contribution in [0.25, 0.3) is 0 Å². The molecule has 0 saturated heterocycles. The molecule has 21 heavy (non-hydrogen) atoms. The highest BCUT2D eigenvalue weighted by molar-refractivity contribution is 7.89. The summed E-state index contributed by atoms with van der Waals surface area (Å²) in [6.07, 6.45) is 0.141. The number of esters is 1. The van der Waals surface area contributed by atoms with E-state index in [1.165, 1.54) is 0 Å². The second-order valence-corrected chi connectivity index (χ2v) is 6.53. The molecule has 0 bridgehead atoms. The van der Waals surface area contributed by atoms with Crippen LogP contribution in [0.15, 0.2) is 23.1 Å². The minimum absolute atomic E-state index is 0.0257. The molecule has 1 aromatic carbocycles. The first kappa shape index (κ1) is 17.5. The third-order valence-corrected chi connectivity index (χ3v) is 4.20. The van der Waals surface area contributed by atoms with E-state index in [0.29, 0.717) is 0 Å². The summed E-state index contributed by atoms with van der Waals surface area (Å²) in [6.45, 7) is 3.54. The van der Waals surface area contributed by atoms with Crippen molar-refractivity contribution in [3.05, 3.63) is 29.8 Å². The second kappa shape index (κ2) is 6.95. The Morgan fingerprint density at radius 3 is 2.24 bits per heavy atom. The van der Waals surface area contributed by atoms with Crippen molar-refractivity contribution >= 4 is 16.0 Å². The van der Waals surface area contributed by atoms with Gasteiger partial charge >= 0.3 is 5.97 Å². The number of halogens is 2. The minimum atomic E-state index is -4.52. The lowest BCUT2D eigenvalue weighted by Crippen LogP contribution is -2.42. The normalized spacial score (nSPS) is 13.2. The largest absolute Gasteiger partial charge is 0.468 e. The standard InChI is InChI=1S/C13H17F2NO4S/c1-8(2)7-11(13(17)20-3)16-21(18,19)12-9(14)5-4-6-10(12)15/h4-6,8,11,16H,7H2,1-3H3/t11-/m0/s1. The maximum absolute atomic E-state index is 13.6. The topological polar surface area (TPSA) is 72.5 Å². The molecule has 5 nitrogen and oxygen atoms in total. The molecule has 0 aromatic heterocycles. The zero-order valence-electron chi connectivity index (χ0n) is 11.9. The molecule has 0 saturated carbocycles. The van der Waals surface area contributed by atoms with Gasteiger partial charge in [-0.15, -0.1) is 0 Å². The van der Waals surface area contributed by atoms with Crippen LogP contribution < -0.4 is 4.72 Å². The van der Waals surface area contributed by atoms with Crippen LogP contribution in [0.3, 0.4) is 0 Å². The van der Waals surface area contributed by atoms with Gasteiger partial charge in [-0.25, -0.2) is 17.2 Å². The predicted octanol–water partition coefficient (Wildman–Crippen LogP) is 1.83. The van der Waals surface area contributed by atoms with Crippen molar-refractivity contribution in [1.82, 2.24) is 4.72 Å². The van der Waals surface area contributed by atoms with Crippen molar-refractivity contribution in [3.8, 4) is 0 Å². The Morgan fingerprint density at radius 2 is 1.81 bits per heavy atom. The van der Waals surface area contributed by atoms with E-state index < -0.39 is 38.6 Å². The summed E-state index contributed by atoms with van der Waals surface area (Å²) in [5.41, 5.74) is 0. The first-order chi connectivity index (χ1) is 9.69. The first-order valence-corrected chi connectivity index (χ1v) is 7.71. The lowest BCUT2D eigenvalue weighted by molar-refractivity contribution is -0.143. The lowest BCUT2D eigenvalue weighted by Gasteiger charge is -2.18. The van der Waals surface area contributed by atoms with Crippen molar-refractivity contribution in [2.45, 2.75) is 31.2 Å². The van der Waals surface area contributed by atoms with Crippen LogP contribution in [0.4, 0.5) is 8.78 Å². The molecule has 118 valence electrons. The summed E-state index contributed by atoms with van der Waals surface area (Å²) in [6, 6.07) is 1.50. The van der Waals surface area contributed by atoms with Gasteiger partial charge in [0, 0.05) is 0 Å². The zero-order chi connectivity index (χ0) is 16.2. The quantitative estimate of drug-likeness (QED) is 0.811. The molecule has 1 aromatic rings. The van der Waals surface area contributed by atoms with E-state index in [1.54, 1.807) is 13.8 Å². The summed E-state index contributed by atoms with van der Waals surface area (Å²) in [5.74, 6) is -3.29. The number of nitrogens with one attached hydrogen (secondary N) is 1. The third-order valence-electron chi connectivity index (χ3n) is 2.68. The van der Waals surface area contributed by atoms with Crippen molar-refractivity contribution in [1.29, 1.82) is 0 Å². The number of hydrogen-bond donors (Lipinski definition) is 1. The number of hydrogen-bond acceptors (Lipinski definition) is 4. The van der Waals surface area contributed by atoms with E-state index in [4.69, 9.17) is 0 Å². The first-order valence-electron chi connectivity index (χ1n) is 6.23. The smallest absolute Gasteiger partial charge is 0.323 e. The average Bonchev–Trinajstić information content (AvgIpc) is 2.35. The average molecular weight is 321 g/mol. The molecule has 0 fully saturated rings. The molecule has 0 heterocycles. The van der Waals surface area contributed by atoms with Crippen molar-refractivity contribution in [3.63, 3.8) is 0 Å². The summed E-state index contributed by atoms with van der Waals surface area (Å²) >= 11 is 0. The monoisotopic (exact) mass is 321 g/mol. The van der Waals surface area contributed by atoms with Crippen molar-refractivity contribution in [2.24, 2.45) is 5.92 Å². The Balaban J connectivity index is 3.15. The Morgan fingerprint density at radius 1 is 1.29 bits per heavy atom. The van der Waals surface area contributed by atoms with Gasteiger partial charge in [0.1, 0.15) is 17.7 Å². The molecule has 0 unspecified atom stereocenters. The van der Waals surface area contributed by atoms with Gasteiger partial charge in [0.15, 0.2) is 4.90 Å². The molecule has 8 heteroatoms. The molecule has 1 atom stereocenters. The highest BCUT2D eigenvalue weighted by Gasteiger charge is 2.30. The molecule has 0 aliphatic heterocycles. The van der Waals surface area contributed by atoms with Gasteiger partial charge in [-0.05, 0) is 24.5 Å². The summed E-state index contributed by atoms with van der Waals surface area (Å²) in [4.78, 5) is 10.5. The Kier molecular flexibility index (Phi) is 5.79. The second-order valence-electron chi connectivity index (χ2n) is 4.88. The highest BCUT2D eigenvalue weighted by atomic mass is 32.2. The van der Waals surface area contributed by atoms with Gasteiger partial charge in [0.05, 0.1) is 7.11 Å². The van der Waals surface area contributed by atoms with Crippen molar-refractivity contribution in [2.75, 3.05) is 7.11 Å². The van der Waals surface area contributed by atoms with Gasteiger partial charge in [-0.1, -0.05) is 19.9 Å². The SMILES string of the molecule is COC(=O)[C@H](CC(C)C)NS(=O)(=O)c1c(F)cccc1F. The maximum Gasteiger partial charge on any atom is 0.323 e. The van der Waals surface area contributed by atoms with Crippen molar-refractivity contribution < 1.29 is 26.7 Å². The number of carbonyl (C=O) groups excluding carboxylic acids is 1. The zero-order valence-corrected chi connectivity index (χ0v) is 12.7. The van der Waals surface area contributed by atoms with Gasteiger partial charge in [0.2, 0.25) is 10.0 Å². The molecule has 1 rings (SSSR count). The molecule has 0 aliphatic rings. The third kappa shape index (κ3) is 4.47. The molecule has 0 radical (unpaired) electrons. The van der Waals surface area contributed by atoms with Gasteiger partial charge in [0.25, 0.3) is 0 Å². The van der Waals surface area contributed by atoms with E-state index in [2.05, 4.69) is 4.74 Å². The highest BCUT2D eigenvalue weighted by Crippen LogP contribution is 2.19. The van der Waals surface area contributed by atoms with Crippen LogP contribution in [-0.4, -0.2) is 27.5 Å². The number of rotatable bonds is 6. The number of methoxy groups -OCH3 is 1. The molecule has 0 amide bonds. The van der Waals surface area contributed by atoms with Crippen LogP contribution in [0.2, 0.25) is 0 Å². The Labute approximate surface area is 122 Å². The fourth-order valence-electron chi connectivity index (χ4n) is 1.79. The van der Waals surface area contributed by atoms with Crippen LogP contribution in [0, 0.1) is 17.6 Å². The van der Waals surface area contributed by atoms with Gasteiger partial charge in [-0.3, -0.25) is 4.79 Å². The minimum Gasteiger partial charge on any atom is -0.468 e. The summed E-state index contributed by atoms with van der Waals surface area (Å²) in [7, 11) is -3.42. The van der Waals surface area contributed by atoms with Crippen LogP contribution >= 0.6 is 0 Å². The van der Waals surface area contributed by atoms with E-state index in [0.717, 1.165) is 25.3 Å². The van der Waals surface area contributed by atoms with Crippen LogP contribution in [-0.2, 0) is 19.6 Å². The lowest BCUT2D eigenvalue weighted by atomic mass is 10.1. The number of carbonyl (C=O) groups is 1. The number of benzene rings is 1. The van der Waals surface area contributed by atoms with Crippen LogP contribution in [0.1, 0.15) is 20.3 Å². The number of ether oxygens (including phenoxy) is 1. The fourth-order valence-corrected chi connectivity index (χ4v) is 3.13. The predicted molar refractivity (Wildman–Crippen MR) is 71.9 cm³/mol. The Bertz CT molecular complexity index is 596. The fraction of sp³-hybridized carbons (Fsp3) is 0.462. The summed E-state index contributed by atoms with van der Waals surface area (Å²) < 4.78 is 57.8. The van der Waals surface area contributed by atoms with Gasteiger partial charge in [-0.2, -0.15) is 4.72 Å². The summed E-state index contributed by atoms with van der Waals surface area (Å²) in [5, 5.41) is 0.